The standard InChI is InChI=1S/C17H12F3N3O4/c18-17(19,20)27-12-5-3-11(4-6-12)22-15(24)9-23-10-21-13(8-16(23)25)14-2-1-7-26-14/h1-8,10H,9H2,(H,22,24). The average molecular weight is 379 g/mol. The summed E-state index contributed by atoms with van der Waals surface area (Å²) >= 11 is 0. The van der Waals surface area contributed by atoms with Crippen molar-refractivity contribution in [1.82, 2.24) is 9.55 Å². The number of carbonyl (C=O) groups excluding carboxylic acids is 1. The molecule has 0 radical (unpaired) electrons. The first-order valence-electron chi connectivity index (χ1n) is 7.56. The fraction of sp³-hybridized carbons (Fsp3) is 0.118. The number of amides is 1. The van der Waals surface area contributed by atoms with Gasteiger partial charge in [0.1, 0.15) is 18.0 Å². The third kappa shape index (κ3) is 4.97. The van der Waals surface area contributed by atoms with Crippen molar-refractivity contribution in [2.24, 2.45) is 0 Å². The molecule has 0 aliphatic heterocycles. The molecule has 3 aromatic rings. The number of hydrogen-bond donors (Lipinski definition) is 1. The molecule has 0 aliphatic rings. The molecule has 0 aliphatic carbocycles. The first-order valence-corrected chi connectivity index (χ1v) is 7.56. The molecule has 0 atom stereocenters. The highest BCUT2D eigenvalue weighted by atomic mass is 19.4. The maximum atomic E-state index is 12.1. The van der Waals surface area contributed by atoms with E-state index in [4.69, 9.17) is 4.42 Å². The molecule has 1 aromatic carbocycles. The molecule has 0 unspecified atom stereocenters. The highest BCUT2D eigenvalue weighted by Crippen LogP contribution is 2.24. The van der Waals surface area contributed by atoms with E-state index in [9.17, 15) is 22.8 Å². The summed E-state index contributed by atoms with van der Waals surface area (Å²) in [5.41, 5.74) is 0.130. The van der Waals surface area contributed by atoms with Crippen LogP contribution >= 0.6 is 0 Å². The summed E-state index contributed by atoms with van der Waals surface area (Å²) in [6, 6.07) is 9.16. The van der Waals surface area contributed by atoms with Crippen LogP contribution in [0.25, 0.3) is 11.5 Å². The molecule has 0 fully saturated rings. The molecule has 3 rings (SSSR count). The Morgan fingerprint density at radius 1 is 1.22 bits per heavy atom. The minimum Gasteiger partial charge on any atom is -0.463 e. The van der Waals surface area contributed by atoms with E-state index in [-0.39, 0.29) is 12.2 Å². The second kappa shape index (κ2) is 7.36. The Labute approximate surface area is 150 Å². The van der Waals surface area contributed by atoms with Crippen molar-refractivity contribution in [3.63, 3.8) is 0 Å². The number of furan rings is 1. The number of rotatable bonds is 5. The molecule has 0 saturated heterocycles. The van der Waals surface area contributed by atoms with Crippen LogP contribution in [-0.4, -0.2) is 21.8 Å². The number of aromatic nitrogens is 2. The summed E-state index contributed by atoms with van der Waals surface area (Å²) in [7, 11) is 0. The van der Waals surface area contributed by atoms with Gasteiger partial charge in [-0.2, -0.15) is 0 Å². The summed E-state index contributed by atoms with van der Waals surface area (Å²) < 4.78 is 46.3. The Hall–Kier alpha value is -3.56. The minimum atomic E-state index is -4.79. The molecule has 2 heterocycles. The normalized spacial score (nSPS) is 11.2. The predicted molar refractivity (Wildman–Crippen MR) is 88.0 cm³/mol. The van der Waals surface area contributed by atoms with Gasteiger partial charge in [0.2, 0.25) is 5.91 Å². The van der Waals surface area contributed by atoms with Crippen molar-refractivity contribution in [2.45, 2.75) is 12.9 Å². The van der Waals surface area contributed by atoms with Crippen LogP contribution in [0.15, 0.2) is 64.3 Å². The molecule has 0 spiro atoms. The molecule has 1 amide bonds. The van der Waals surface area contributed by atoms with Crippen LogP contribution in [0.5, 0.6) is 5.75 Å². The highest BCUT2D eigenvalue weighted by molar-refractivity contribution is 5.90. The number of nitrogens with zero attached hydrogens (tertiary/aromatic N) is 2. The Morgan fingerprint density at radius 2 is 1.96 bits per heavy atom. The summed E-state index contributed by atoms with van der Waals surface area (Å²) in [5.74, 6) is -0.534. The second-order valence-electron chi connectivity index (χ2n) is 5.34. The Bertz CT molecular complexity index is 980. The van der Waals surface area contributed by atoms with Crippen LogP contribution in [-0.2, 0) is 11.3 Å². The number of nitrogens with one attached hydrogen (secondary N) is 1. The van der Waals surface area contributed by atoms with E-state index in [1.54, 1.807) is 12.1 Å². The van der Waals surface area contributed by atoms with Gasteiger partial charge in [0.25, 0.3) is 5.56 Å². The van der Waals surface area contributed by atoms with Crippen molar-refractivity contribution in [3.05, 3.63) is 65.4 Å². The first-order chi connectivity index (χ1) is 12.8. The molecule has 27 heavy (non-hydrogen) atoms. The summed E-state index contributed by atoms with van der Waals surface area (Å²) in [4.78, 5) is 28.2. The fourth-order valence-electron chi connectivity index (χ4n) is 2.20. The Kier molecular flexibility index (Phi) is 4.97. The zero-order valence-corrected chi connectivity index (χ0v) is 13.6. The SMILES string of the molecule is O=C(Cn1cnc(-c2ccco2)cc1=O)Nc1ccc(OC(F)(F)F)cc1. The quantitative estimate of drug-likeness (QED) is 0.736. The predicted octanol–water partition coefficient (Wildman–Crippen LogP) is 3.04. The van der Waals surface area contributed by atoms with Crippen LogP contribution in [0.2, 0.25) is 0 Å². The van der Waals surface area contributed by atoms with Gasteiger partial charge in [0.05, 0.1) is 12.6 Å². The summed E-state index contributed by atoms with van der Waals surface area (Å²) in [5, 5.41) is 2.47. The zero-order valence-electron chi connectivity index (χ0n) is 13.6. The van der Waals surface area contributed by atoms with Crippen LogP contribution in [0.4, 0.5) is 18.9 Å². The summed E-state index contributed by atoms with van der Waals surface area (Å²) in [6.07, 6.45) is -2.14. The smallest absolute Gasteiger partial charge is 0.463 e. The van der Waals surface area contributed by atoms with Crippen molar-refractivity contribution in [2.75, 3.05) is 5.32 Å². The van der Waals surface area contributed by atoms with Gasteiger partial charge in [-0.25, -0.2) is 4.98 Å². The van der Waals surface area contributed by atoms with Crippen molar-refractivity contribution in [3.8, 4) is 17.2 Å². The van der Waals surface area contributed by atoms with Crippen LogP contribution in [0.3, 0.4) is 0 Å². The molecule has 0 saturated carbocycles. The Balaban J connectivity index is 1.63. The van der Waals surface area contributed by atoms with Gasteiger partial charge in [0, 0.05) is 11.8 Å². The topological polar surface area (TPSA) is 86.4 Å². The molecule has 7 nitrogen and oxygen atoms in total. The van der Waals surface area contributed by atoms with Crippen molar-refractivity contribution < 1.29 is 27.1 Å². The van der Waals surface area contributed by atoms with Gasteiger partial charge in [0.15, 0.2) is 5.76 Å². The zero-order chi connectivity index (χ0) is 19.4. The van der Waals surface area contributed by atoms with Gasteiger partial charge >= 0.3 is 6.36 Å². The van der Waals surface area contributed by atoms with E-state index >= 15 is 0 Å². The number of alkyl halides is 3. The molecule has 1 N–H and O–H groups in total. The number of hydrogen-bond acceptors (Lipinski definition) is 5. The average Bonchev–Trinajstić information content (AvgIpc) is 3.12. The lowest BCUT2D eigenvalue weighted by molar-refractivity contribution is -0.274. The van der Waals surface area contributed by atoms with Gasteiger partial charge in [-0.1, -0.05) is 0 Å². The molecule has 0 bridgehead atoms. The second-order valence-corrected chi connectivity index (χ2v) is 5.34. The van der Waals surface area contributed by atoms with E-state index in [0.717, 1.165) is 16.7 Å². The first kappa shape index (κ1) is 18.2. The van der Waals surface area contributed by atoms with E-state index < -0.39 is 23.6 Å². The van der Waals surface area contributed by atoms with Crippen LogP contribution < -0.4 is 15.6 Å². The molecular weight excluding hydrogens is 367 g/mol. The molecule has 2 aromatic heterocycles. The number of anilines is 1. The van der Waals surface area contributed by atoms with Gasteiger partial charge in [-0.15, -0.1) is 13.2 Å². The molecule has 10 heteroatoms. The van der Waals surface area contributed by atoms with E-state index in [1.807, 2.05) is 0 Å². The number of carbonyl (C=O) groups is 1. The lowest BCUT2D eigenvalue weighted by Gasteiger charge is -2.10. The monoisotopic (exact) mass is 379 g/mol. The fourth-order valence-corrected chi connectivity index (χ4v) is 2.20. The van der Waals surface area contributed by atoms with Crippen molar-refractivity contribution in [1.29, 1.82) is 0 Å². The van der Waals surface area contributed by atoms with Crippen molar-refractivity contribution >= 4 is 11.6 Å². The summed E-state index contributed by atoms with van der Waals surface area (Å²) in [6.45, 7) is -0.314. The largest absolute Gasteiger partial charge is 0.573 e. The number of halogens is 3. The highest BCUT2D eigenvalue weighted by Gasteiger charge is 2.30. The van der Waals surface area contributed by atoms with Crippen LogP contribution in [0.1, 0.15) is 0 Å². The van der Waals surface area contributed by atoms with E-state index in [2.05, 4.69) is 15.0 Å². The van der Waals surface area contributed by atoms with E-state index in [1.165, 1.54) is 30.8 Å². The maximum Gasteiger partial charge on any atom is 0.573 e. The Morgan fingerprint density at radius 3 is 2.56 bits per heavy atom. The van der Waals surface area contributed by atoms with E-state index in [0.29, 0.717) is 11.5 Å². The molecular formula is C17H12F3N3O4. The molecule has 140 valence electrons. The van der Waals surface area contributed by atoms with Gasteiger partial charge in [-0.3, -0.25) is 14.2 Å². The number of ether oxygens (including phenoxy) is 1. The van der Waals surface area contributed by atoms with Crippen LogP contribution in [0, 0.1) is 0 Å². The third-order valence-corrected chi connectivity index (χ3v) is 3.34. The third-order valence-electron chi connectivity index (χ3n) is 3.34. The lowest BCUT2D eigenvalue weighted by atomic mass is 10.3. The number of benzene rings is 1. The van der Waals surface area contributed by atoms with Gasteiger partial charge in [-0.05, 0) is 36.4 Å². The lowest BCUT2D eigenvalue weighted by Crippen LogP contribution is -2.27. The maximum absolute atomic E-state index is 12.1. The minimum absolute atomic E-state index is 0.253. The van der Waals surface area contributed by atoms with Gasteiger partial charge < -0.3 is 14.5 Å².